The van der Waals surface area contributed by atoms with Gasteiger partial charge >= 0.3 is 5.97 Å². The Hall–Kier alpha value is -3.38. The molecule has 0 radical (unpaired) electrons. The van der Waals surface area contributed by atoms with Crippen molar-refractivity contribution >= 4 is 29.3 Å². The van der Waals surface area contributed by atoms with E-state index >= 15 is 0 Å². The number of carboxylic acids is 1. The van der Waals surface area contributed by atoms with Gasteiger partial charge in [-0.05, 0) is 48.4 Å². The Kier molecular flexibility index (Phi) is 5.38. The monoisotopic (exact) mass is 379 g/mol. The molecule has 27 heavy (non-hydrogen) atoms. The molecule has 0 aliphatic rings. The first-order valence-corrected chi connectivity index (χ1v) is 8.97. The lowest BCUT2D eigenvalue weighted by atomic mass is 10.1. The number of benzene rings is 2. The molecule has 2 aromatic carbocycles. The molecule has 1 heterocycles. The molecular formula is C21H17NO4S. The first kappa shape index (κ1) is 18.4. The minimum Gasteiger partial charge on any atom is -0.507 e. The van der Waals surface area contributed by atoms with E-state index in [1.807, 2.05) is 43.3 Å². The van der Waals surface area contributed by atoms with Crippen LogP contribution in [0.25, 0.3) is 16.5 Å². The Morgan fingerprint density at radius 1 is 1.00 bits per heavy atom. The topological polar surface area (TPSA) is 86.6 Å². The molecule has 3 rings (SSSR count). The molecule has 1 amide bonds. The molecule has 0 saturated heterocycles. The van der Waals surface area contributed by atoms with Crippen molar-refractivity contribution in [3.05, 3.63) is 82.4 Å². The van der Waals surface area contributed by atoms with E-state index in [1.54, 1.807) is 12.1 Å². The van der Waals surface area contributed by atoms with Crippen molar-refractivity contribution in [2.45, 2.75) is 6.92 Å². The number of amides is 1. The Balaban J connectivity index is 1.87. The number of rotatable bonds is 5. The number of nitrogens with one attached hydrogen (secondary N) is 1. The van der Waals surface area contributed by atoms with E-state index in [2.05, 4.69) is 5.32 Å². The van der Waals surface area contributed by atoms with Gasteiger partial charge in [-0.2, -0.15) is 0 Å². The molecule has 0 atom stereocenters. The lowest BCUT2D eigenvalue weighted by molar-refractivity contribution is -0.132. The third-order valence-electron chi connectivity index (χ3n) is 3.95. The van der Waals surface area contributed by atoms with Gasteiger partial charge in [-0.25, -0.2) is 4.79 Å². The normalized spacial score (nSPS) is 11.2. The van der Waals surface area contributed by atoms with Gasteiger partial charge < -0.3 is 15.5 Å². The Bertz CT molecular complexity index is 1040. The molecule has 5 nitrogen and oxygen atoms in total. The van der Waals surface area contributed by atoms with Crippen LogP contribution < -0.4 is 5.32 Å². The Morgan fingerprint density at radius 3 is 2.41 bits per heavy atom. The Labute approximate surface area is 160 Å². The maximum Gasteiger partial charge on any atom is 0.352 e. The summed E-state index contributed by atoms with van der Waals surface area (Å²) in [6.45, 7) is 2.01. The number of hydrogen-bond acceptors (Lipinski definition) is 4. The van der Waals surface area contributed by atoms with Crippen molar-refractivity contribution in [3.63, 3.8) is 0 Å². The van der Waals surface area contributed by atoms with E-state index in [9.17, 15) is 19.8 Å². The lowest BCUT2D eigenvalue weighted by Crippen LogP contribution is -2.27. The van der Waals surface area contributed by atoms with Crippen LogP contribution in [0.3, 0.4) is 0 Å². The fourth-order valence-electron chi connectivity index (χ4n) is 2.57. The SMILES string of the molecule is Cc1ccccc1-c1ccc(/C=C(\NC(=O)c2ccccc2O)C(=O)O)s1. The summed E-state index contributed by atoms with van der Waals surface area (Å²) in [5.74, 6) is -2.15. The maximum atomic E-state index is 12.3. The summed E-state index contributed by atoms with van der Waals surface area (Å²) < 4.78 is 0. The van der Waals surface area contributed by atoms with Crippen molar-refractivity contribution in [2.75, 3.05) is 0 Å². The van der Waals surface area contributed by atoms with Gasteiger partial charge in [0, 0.05) is 9.75 Å². The van der Waals surface area contributed by atoms with E-state index in [-0.39, 0.29) is 17.0 Å². The maximum absolute atomic E-state index is 12.3. The van der Waals surface area contributed by atoms with Crippen LogP contribution >= 0.6 is 11.3 Å². The smallest absolute Gasteiger partial charge is 0.352 e. The molecule has 3 aromatic rings. The summed E-state index contributed by atoms with van der Waals surface area (Å²) in [6, 6.07) is 17.6. The molecule has 0 fully saturated rings. The van der Waals surface area contributed by atoms with Crippen LogP contribution in [0.4, 0.5) is 0 Å². The molecule has 0 bridgehead atoms. The largest absolute Gasteiger partial charge is 0.507 e. The van der Waals surface area contributed by atoms with Gasteiger partial charge in [0.15, 0.2) is 0 Å². The molecule has 1 aromatic heterocycles. The highest BCUT2D eigenvalue weighted by Crippen LogP contribution is 2.31. The zero-order valence-corrected chi connectivity index (χ0v) is 15.3. The molecule has 0 saturated carbocycles. The molecule has 6 heteroatoms. The minimum atomic E-state index is -1.26. The van der Waals surface area contributed by atoms with E-state index in [4.69, 9.17) is 0 Å². The number of carboxylic acid groups (broad SMARTS) is 1. The lowest BCUT2D eigenvalue weighted by Gasteiger charge is -2.07. The number of carbonyl (C=O) groups is 2. The van der Waals surface area contributed by atoms with Crippen molar-refractivity contribution in [2.24, 2.45) is 0 Å². The molecule has 0 aliphatic carbocycles. The molecule has 0 unspecified atom stereocenters. The van der Waals surface area contributed by atoms with Crippen molar-refractivity contribution < 1.29 is 19.8 Å². The summed E-state index contributed by atoms with van der Waals surface area (Å²) in [7, 11) is 0. The number of aromatic hydroxyl groups is 1. The summed E-state index contributed by atoms with van der Waals surface area (Å²) >= 11 is 1.43. The number of carbonyl (C=O) groups excluding carboxylic acids is 1. The van der Waals surface area contributed by atoms with Gasteiger partial charge in [-0.3, -0.25) is 4.79 Å². The van der Waals surface area contributed by atoms with Crippen LogP contribution in [0.2, 0.25) is 0 Å². The number of para-hydroxylation sites is 1. The zero-order valence-electron chi connectivity index (χ0n) is 14.5. The van der Waals surface area contributed by atoms with Gasteiger partial charge in [0.25, 0.3) is 5.91 Å². The number of phenolic OH excluding ortho intramolecular Hbond substituents is 1. The minimum absolute atomic E-state index is 0.0106. The van der Waals surface area contributed by atoms with Gasteiger partial charge in [-0.1, -0.05) is 36.4 Å². The van der Waals surface area contributed by atoms with Crippen molar-refractivity contribution in [1.29, 1.82) is 0 Å². The quantitative estimate of drug-likeness (QED) is 0.577. The molecular weight excluding hydrogens is 362 g/mol. The highest BCUT2D eigenvalue weighted by molar-refractivity contribution is 7.16. The molecule has 136 valence electrons. The number of phenols is 1. The summed E-state index contributed by atoms with van der Waals surface area (Å²) in [5, 5.41) is 21.5. The first-order valence-electron chi connectivity index (χ1n) is 8.16. The van der Waals surface area contributed by atoms with Crippen LogP contribution in [-0.4, -0.2) is 22.1 Å². The molecule has 3 N–H and O–H groups in total. The average molecular weight is 379 g/mol. The van der Waals surface area contributed by atoms with Crippen LogP contribution in [0.1, 0.15) is 20.8 Å². The number of aryl methyl sites for hydroxylation is 1. The number of hydrogen-bond donors (Lipinski definition) is 3. The Morgan fingerprint density at radius 2 is 1.70 bits per heavy atom. The highest BCUT2D eigenvalue weighted by atomic mass is 32.1. The van der Waals surface area contributed by atoms with E-state index in [1.165, 1.54) is 29.5 Å². The van der Waals surface area contributed by atoms with Crippen LogP contribution in [0.15, 0.2) is 66.4 Å². The van der Waals surface area contributed by atoms with Gasteiger partial charge in [-0.15, -0.1) is 11.3 Å². The fourth-order valence-corrected chi connectivity index (χ4v) is 3.62. The van der Waals surface area contributed by atoms with E-state index in [0.717, 1.165) is 16.0 Å². The number of aliphatic carboxylic acids is 1. The van der Waals surface area contributed by atoms with E-state index in [0.29, 0.717) is 4.88 Å². The molecule has 0 aliphatic heterocycles. The second-order valence-corrected chi connectivity index (χ2v) is 6.97. The van der Waals surface area contributed by atoms with Crippen molar-refractivity contribution in [1.82, 2.24) is 5.32 Å². The second kappa shape index (κ2) is 7.88. The number of thiophene rings is 1. The van der Waals surface area contributed by atoms with E-state index < -0.39 is 11.9 Å². The fraction of sp³-hybridized carbons (Fsp3) is 0.0476. The van der Waals surface area contributed by atoms with Gasteiger partial charge in [0.1, 0.15) is 11.4 Å². The first-order chi connectivity index (χ1) is 13.0. The zero-order chi connectivity index (χ0) is 19.4. The average Bonchev–Trinajstić information content (AvgIpc) is 3.10. The predicted molar refractivity (Wildman–Crippen MR) is 106 cm³/mol. The van der Waals surface area contributed by atoms with Crippen LogP contribution in [0.5, 0.6) is 5.75 Å². The summed E-state index contributed by atoms with van der Waals surface area (Å²) in [6.07, 6.45) is 1.41. The standard InChI is InChI=1S/C21H17NO4S/c1-13-6-2-3-7-15(13)19-11-10-14(27-19)12-17(21(25)26)22-20(24)16-8-4-5-9-18(16)23/h2-12,23H,1H3,(H,22,24)(H,25,26)/b17-12-. The van der Waals surface area contributed by atoms with Crippen molar-refractivity contribution in [3.8, 4) is 16.2 Å². The summed E-state index contributed by atoms with van der Waals surface area (Å²) in [4.78, 5) is 25.5. The third kappa shape index (κ3) is 4.24. The predicted octanol–water partition coefficient (Wildman–Crippen LogP) is 4.28. The van der Waals surface area contributed by atoms with Crippen LogP contribution in [0, 0.1) is 6.92 Å². The van der Waals surface area contributed by atoms with Gasteiger partial charge in [0.2, 0.25) is 0 Å². The van der Waals surface area contributed by atoms with Gasteiger partial charge in [0.05, 0.1) is 5.56 Å². The molecule has 0 spiro atoms. The van der Waals surface area contributed by atoms with Crippen LogP contribution in [-0.2, 0) is 4.79 Å². The highest BCUT2D eigenvalue weighted by Gasteiger charge is 2.16. The third-order valence-corrected chi connectivity index (χ3v) is 5.02. The second-order valence-electron chi connectivity index (χ2n) is 5.85. The summed E-state index contributed by atoms with van der Waals surface area (Å²) in [5.41, 5.74) is 1.95.